The number of benzene rings is 1. The second-order valence-electron chi connectivity index (χ2n) is 2.80. The Morgan fingerprint density at radius 3 is 2.56 bits per heavy atom. The van der Waals surface area contributed by atoms with Crippen molar-refractivity contribution in [1.82, 2.24) is 0 Å². The van der Waals surface area contributed by atoms with E-state index in [2.05, 4.69) is 15.9 Å². The molecule has 1 rings (SSSR count). The molecule has 8 heteroatoms. The molecule has 0 saturated heterocycles. The van der Waals surface area contributed by atoms with Crippen LogP contribution < -0.4 is 0 Å². The Balaban J connectivity index is 3.46. The predicted octanol–water partition coefficient (Wildman–Crippen LogP) is 1.61. The van der Waals surface area contributed by atoms with Crippen molar-refractivity contribution in [2.24, 2.45) is 0 Å². The second-order valence-corrected chi connectivity index (χ2v) is 3.65. The number of hydrogen-bond acceptors (Lipinski definition) is 4. The van der Waals surface area contributed by atoms with Gasteiger partial charge in [0.2, 0.25) is 5.82 Å². The Labute approximate surface area is 96.6 Å². The van der Waals surface area contributed by atoms with Crippen molar-refractivity contribution in [3.8, 4) is 0 Å². The van der Waals surface area contributed by atoms with Crippen LogP contribution in [-0.4, -0.2) is 21.1 Å². The molecule has 0 saturated carbocycles. The topological polar surface area (TPSA) is 101 Å². The highest BCUT2D eigenvalue weighted by atomic mass is 79.9. The van der Waals surface area contributed by atoms with Crippen molar-refractivity contribution >= 4 is 27.6 Å². The number of rotatable bonds is 3. The van der Waals surface area contributed by atoms with Crippen LogP contribution in [0, 0.1) is 15.9 Å². The van der Waals surface area contributed by atoms with Gasteiger partial charge in [-0.15, -0.1) is 0 Å². The summed E-state index contributed by atoms with van der Waals surface area (Å²) in [6, 6.07) is 2.06. The van der Waals surface area contributed by atoms with Gasteiger partial charge in [0, 0.05) is 0 Å². The third-order valence-corrected chi connectivity index (χ3v) is 2.42. The summed E-state index contributed by atoms with van der Waals surface area (Å²) in [7, 11) is 0. The van der Waals surface area contributed by atoms with E-state index >= 15 is 0 Å². The van der Waals surface area contributed by atoms with Crippen LogP contribution in [0.2, 0.25) is 0 Å². The molecule has 0 radical (unpaired) electrons. The third kappa shape index (κ3) is 2.17. The molecule has 0 spiro atoms. The smallest absolute Gasteiger partial charge is 0.337 e. The van der Waals surface area contributed by atoms with Crippen molar-refractivity contribution < 1.29 is 24.3 Å². The molecule has 1 atom stereocenters. The van der Waals surface area contributed by atoms with Crippen LogP contribution in [0.5, 0.6) is 0 Å². The number of aliphatic hydroxyl groups is 1. The number of carboxylic acids is 1. The number of hydrogen-bond donors (Lipinski definition) is 2. The molecule has 0 aromatic heterocycles. The highest BCUT2D eigenvalue weighted by Gasteiger charge is 2.30. The van der Waals surface area contributed by atoms with E-state index in [1.54, 1.807) is 0 Å². The van der Waals surface area contributed by atoms with Gasteiger partial charge in [-0.05, 0) is 28.1 Å². The number of carboxylic acid groups (broad SMARTS) is 1. The van der Waals surface area contributed by atoms with Crippen LogP contribution in [0.25, 0.3) is 0 Å². The molecule has 2 N–H and O–H groups in total. The van der Waals surface area contributed by atoms with Crippen molar-refractivity contribution in [3.05, 3.63) is 38.1 Å². The molecule has 1 aromatic carbocycles. The summed E-state index contributed by atoms with van der Waals surface area (Å²) in [6.45, 7) is 0. The predicted molar refractivity (Wildman–Crippen MR) is 53.4 cm³/mol. The summed E-state index contributed by atoms with van der Waals surface area (Å²) in [5.41, 5.74) is -1.65. The molecule has 0 aliphatic heterocycles. The first-order valence-corrected chi connectivity index (χ1v) is 4.68. The first kappa shape index (κ1) is 12.5. The normalized spacial score (nSPS) is 12.2. The van der Waals surface area contributed by atoms with Crippen molar-refractivity contribution in [1.29, 1.82) is 0 Å². The molecule has 0 heterocycles. The number of nitro benzene ring substituents is 1. The number of halogens is 2. The third-order valence-electron chi connectivity index (χ3n) is 1.81. The Morgan fingerprint density at radius 2 is 2.12 bits per heavy atom. The van der Waals surface area contributed by atoms with E-state index in [1.165, 1.54) is 0 Å². The molecule has 1 aromatic rings. The van der Waals surface area contributed by atoms with Gasteiger partial charge in [-0.3, -0.25) is 10.1 Å². The van der Waals surface area contributed by atoms with E-state index in [1.807, 2.05) is 0 Å². The summed E-state index contributed by atoms with van der Waals surface area (Å²) in [4.78, 5) is 19.9. The largest absolute Gasteiger partial charge is 0.479 e. The SMILES string of the molecule is O=C(O)C(O)c1ccc(Br)c(F)c1[N+](=O)[O-]. The van der Waals surface area contributed by atoms with Gasteiger partial charge in [0.1, 0.15) is 0 Å². The van der Waals surface area contributed by atoms with Gasteiger partial charge < -0.3 is 10.2 Å². The fourth-order valence-electron chi connectivity index (χ4n) is 1.09. The van der Waals surface area contributed by atoms with Crippen LogP contribution in [0.4, 0.5) is 10.1 Å². The number of aliphatic hydroxyl groups excluding tert-OH is 1. The van der Waals surface area contributed by atoms with Gasteiger partial charge >= 0.3 is 11.7 Å². The van der Waals surface area contributed by atoms with E-state index in [0.717, 1.165) is 12.1 Å². The fourth-order valence-corrected chi connectivity index (χ4v) is 1.41. The Bertz CT molecular complexity index is 464. The molecule has 1 unspecified atom stereocenters. The summed E-state index contributed by atoms with van der Waals surface area (Å²) in [5.74, 6) is -2.91. The molecule has 6 nitrogen and oxygen atoms in total. The summed E-state index contributed by atoms with van der Waals surface area (Å²) in [5, 5.41) is 28.2. The van der Waals surface area contributed by atoms with Crippen LogP contribution in [0.1, 0.15) is 11.7 Å². The Kier molecular flexibility index (Phi) is 3.55. The lowest BCUT2D eigenvalue weighted by atomic mass is 10.1. The molecule has 16 heavy (non-hydrogen) atoms. The lowest BCUT2D eigenvalue weighted by Crippen LogP contribution is -2.13. The minimum absolute atomic E-state index is 0.180. The average molecular weight is 294 g/mol. The monoisotopic (exact) mass is 293 g/mol. The van der Waals surface area contributed by atoms with Gasteiger partial charge in [0.05, 0.1) is 15.0 Å². The van der Waals surface area contributed by atoms with Gasteiger partial charge in [-0.1, -0.05) is 0 Å². The maximum Gasteiger partial charge on any atom is 0.337 e. The van der Waals surface area contributed by atoms with E-state index in [9.17, 15) is 19.3 Å². The van der Waals surface area contributed by atoms with Crippen LogP contribution >= 0.6 is 15.9 Å². The lowest BCUT2D eigenvalue weighted by molar-refractivity contribution is -0.388. The van der Waals surface area contributed by atoms with Gasteiger partial charge in [0.15, 0.2) is 6.10 Å². The Hall–Kier alpha value is -1.54. The molecule has 0 fully saturated rings. The molecule has 0 aliphatic rings. The molecule has 86 valence electrons. The highest BCUT2D eigenvalue weighted by molar-refractivity contribution is 9.10. The molecule has 0 bridgehead atoms. The molecular weight excluding hydrogens is 289 g/mol. The van der Waals surface area contributed by atoms with Crippen molar-refractivity contribution in [2.45, 2.75) is 6.10 Å². The Morgan fingerprint density at radius 1 is 1.56 bits per heavy atom. The first-order chi connectivity index (χ1) is 7.36. The van der Waals surface area contributed by atoms with E-state index in [0.29, 0.717) is 0 Å². The fraction of sp³-hybridized carbons (Fsp3) is 0.125. The summed E-state index contributed by atoms with van der Waals surface area (Å²) in [6.07, 6.45) is -2.14. The van der Waals surface area contributed by atoms with E-state index < -0.39 is 34.1 Å². The van der Waals surface area contributed by atoms with Crippen LogP contribution in [-0.2, 0) is 4.79 Å². The quantitative estimate of drug-likeness (QED) is 0.651. The summed E-state index contributed by atoms with van der Waals surface area (Å²) < 4.78 is 13.2. The van der Waals surface area contributed by atoms with Crippen molar-refractivity contribution in [3.63, 3.8) is 0 Å². The minimum Gasteiger partial charge on any atom is -0.479 e. The molecular formula is C8H5BrFNO5. The van der Waals surface area contributed by atoms with Gasteiger partial charge in [-0.25, -0.2) is 4.79 Å². The van der Waals surface area contributed by atoms with E-state index in [4.69, 9.17) is 10.2 Å². The van der Waals surface area contributed by atoms with Crippen LogP contribution in [0.3, 0.4) is 0 Å². The van der Waals surface area contributed by atoms with Gasteiger partial charge in [-0.2, -0.15) is 4.39 Å². The zero-order chi connectivity index (χ0) is 12.5. The average Bonchev–Trinajstić information content (AvgIpc) is 2.20. The molecule has 0 aliphatic carbocycles. The molecule has 0 amide bonds. The zero-order valence-corrected chi connectivity index (χ0v) is 9.14. The first-order valence-electron chi connectivity index (χ1n) is 3.89. The number of aliphatic carboxylic acids is 1. The van der Waals surface area contributed by atoms with Gasteiger partial charge in [0.25, 0.3) is 0 Å². The van der Waals surface area contributed by atoms with Crippen molar-refractivity contribution in [2.75, 3.05) is 0 Å². The second kappa shape index (κ2) is 4.54. The van der Waals surface area contributed by atoms with Crippen LogP contribution in [0.15, 0.2) is 16.6 Å². The lowest BCUT2D eigenvalue weighted by Gasteiger charge is -2.07. The number of carbonyl (C=O) groups is 1. The minimum atomic E-state index is -2.14. The van der Waals surface area contributed by atoms with E-state index in [-0.39, 0.29) is 4.47 Å². The summed E-state index contributed by atoms with van der Waals surface area (Å²) >= 11 is 2.73. The number of nitro groups is 1. The number of nitrogens with zero attached hydrogens (tertiary/aromatic N) is 1. The maximum absolute atomic E-state index is 13.3. The maximum atomic E-state index is 13.3. The zero-order valence-electron chi connectivity index (χ0n) is 7.55. The highest BCUT2D eigenvalue weighted by Crippen LogP contribution is 2.32. The standard InChI is InChI=1S/C8H5BrFNO5/c9-4-2-1-3(7(12)8(13)14)6(5(4)10)11(15)16/h1-2,7,12H,(H,13,14).